The van der Waals surface area contributed by atoms with Crippen LogP contribution in [0.2, 0.25) is 0 Å². The number of oxazole rings is 1. The molecule has 6 nitrogen and oxygen atoms in total. The van der Waals surface area contributed by atoms with Crippen molar-refractivity contribution >= 4 is 5.91 Å². The number of halogens is 1. The Morgan fingerprint density at radius 2 is 2.20 bits per heavy atom. The van der Waals surface area contributed by atoms with Crippen molar-refractivity contribution in [1.82, 2.24) is 15.2 Å². The molecule has 7 heteroatoms. The first kappa shape index (κ1) is 16.1. The Hall–Kier alpha value is -2.41. The summed E-state index contributed by atoms with van der Waals surface area (Å²) in [7, 11) is 0. The molecule has 1 N–H and O–H groups in total. The molecule has 0 saturated carbocycles. The maximum absolute atomic E-state index is 13.2. The van der Waals surface area contributed by atoms with Crippen molar-refractivity contribution in [3.8, 4) is 11.7 Å². The molecular formula is C18H20FN3O3. The van der Waals surface area contributed by atoms with E-state index in [0.29, 0.717) is 12.0 Å². The van der Waals surface area contributed by atoms with Crippen LogP contribution in [0, 0.1) is 11.7 Å². The topological polar surface area (TPSA) is 67.6 Å². The highest BCUT2D eigenvalue weighted by Crippen LogP contribution is 2.32. The lowest BCUT2D eigenvalue weighted by molar-refractivity contribution is 0.0209. The van der Waals surface area contributed by atoms with Crippen LogP contribution in [0.4, 0.5) is 4.39 Å². The van der Waals surface area contributed by atoms with Crippen LogP contribution in [0.25, 0.3) is 0 Å². The zero-order valence-electron chi connectivity index (χ0n) is 13.9. The molecule has 2 unspecified atom stereocenters. The fourth-order valence-corrected chi connectivity index (χ4v) is 3.82. The molecule has 132 valence electrons. The van der Waals surface area contributed by atoms with E-state index in [0.717, 1.165) is 25.9 Å². The maximum atomic E-state index is 13.2. The zero-order valence-corrected chi connectivity index (χ0v) is 13.9. The Morgan fingerprint density at radius 1 is 1.40 bits per heavy atom. The Morgan fingerprint density at radius 3 is 2.92 bits per heavy atom. The SMILES string of the molecule is CC1C(NC(=O)c2ncc(Oc3cccc(F)c3)o2)C2CCN1CC2. The van der Waals surface area contributed by atoms with Gasteiger partial charge in [0.15, 0.2) is 0 Å². The van der Waals surface area contributed by atoms with Crippen molar-refractivity contribution in [3.05, 3.63) is 42.2 Å². The number of fused-ring (bicyclic) bond motifs is 3. The minimum Gasteiger partial charge on any atom is -0.425 e. The average Bonchev–Trinajstić information content (AvgIpc) is 3.07. The van der Waals surface area contributed by atoms with Crippen LogP contribution in [0.5, 0.6) is 11.7 Å². The number of nitrogens with zero attached hydrogens (tertiary/aromatic N) is 2. The molecule has 2 bridgehead atoms. The average molecular weight is 345 g/mol. The van der Waals surface area contributed by atoms with Crippen LogP contribution in [0.1, 0.15) is 30.5 Å². The Labute approximate surface area is 145 Å². The van der Waals surface area contributed by atoms with Gasteiger partial charge in [-0.1, -0.05) is 6.07 Å². The number of rotatable bonds is 4. The summed E-state index contributed by atoms with van der Waals surface area (Å²) in [6, 6.07) is 6.10. The molecule has 25 heavy (non-hydrogen) atoms. The molecule has 1 aromatic heterocycles. The van der Waals surface area contributed by atoms with Crippen molar-refractivity contribution in [2.75, 3.05) is 13.1 Å². The molecule has 3 aliphatic heterocycles. The van der Waals surface area contributed by atoms with Crippen LogP contribution < -0.4 is 10.1 Å². The summed E-state index contributed by atoms with van der Waals surface area (Å²) in [6.07, 6.45) is 3.53. The van der Waals surface area contributed by atoms with Crippen LogP contribution in [-0.2, 0) is 0 Å². The van der Waals surface area contributed by atoms with Crippen LogP contribution in [0.3, 0.4) is 0 Å². The van der Waals surface area contributed by atoms with E-state index in [1.165, 1.54) is 24.4 Å². The van der Waals surface area contributed by atoms with Crippen molar-refractivity contribution in [3.63, 3.8) is 0 Å². The lowest BCUT2D eigenvalue weighted by Gasteiger charge is -2.49. The van der Waals surface area contributed by atoms with E-state index >= 15 is 0 Å². The van der Waals surface area contributed by atoms with Crippen molar-refractivity contribution in [1.29, 1.82) is 0 Å². The van der Waals surface area contributed by atoms with Crippen molar-refractivity contribution in [2.24, 2.45) is 5.92 Å². The summed E-state index contributed by atoms with van der Waals surface area (Å²) >= 11 is 0. The van der Waals surface area contributed by atoms with Gasteiger partial charge in [0, 0.05) is 18.2 Å². The Balaban J connectivity index is 1.42. The fourth-order valence-electron chi connectivity index (χ4n) is 3.82. The van der Waals surface area contributed by atoms with E-state index in [-0.39, 0.29) is 29.5 Å². The molecular weight excluding hydrogens is 325 g/mol. The second-order valence-corrected chi connectivity index (χ2v) is 6.66. The van der Waals surface area contributed by atoms with E-state index in [1.54, 1.807) is 6.07 Å². The second-order valence-electron chi connectivity index (χ2n) is 6.66. The number of piperidine rings is 3. The molecule has 0 radical (unpaired) electrons. The summed E-state index contributed by atoms with van der Waals surface area (Å²) in [6.45, 7) is 4.34. The standard InChI is InChI=1S/C18H20FN3O3/c1-11-16(12-5-7-22(11)8-6-12)21-17(23)18-20-10-15(25-18)24-14-4-2-3-13(19)9-14/h2-4,9-12,16H,5-8H2,1H3,(H,21,23). The first-order valence-electron chi connectivity index (χ1n) is 8.54. The third-order valence-electron chi connectivity index (χ3n) is 5.17. The molecule has 3 aliphatic rings. The number of carbonyl (C=O) groups is 1. The molecule has 0 aliphatic carbocycles. The van der Waals surface area contributed by atoms with Gasteiger partial charge in [-0.25, -0.2) is 9.37 Å². The first-order valence-corrected chi connectivity index (χ1v) is 8.54. The predicted octanol–water partition coefficient (Wildman–Crippen LogP) is 2.82. The third-order valence-corrected chi connectivity index (χ3v) is 5.17. The van der Waals surface area contributed by atoms with Gasteiger partial charge >= 0.3 is 11.9 Å². The number of carbonyl (C=O) groups excluding carboxylic acids is 1. The van der Waals surface area contributed by atoms with E-state index < -0.39 is 5.82 Å². The number of hydrogen-bond donors (Lipinski definition) is 1. The number of benzene rings is 1. The summed E-state index contributed by atoms with van der Waals surface area (Å²) in [5.74, 6) is 0.0369. The molecule has 4 heterocycles. The van der Waals surface area contributed by atoms with Gasteiger partial charge in [-0.2, -0.15) is 0 Å². The zero-order chi connectivity index (χ0) is 17.4. The molecule has 5 rings (SSSR count). The van der Waals surface area contributed by atoms with Gasteiger partial charge < -0.3 is 14.5 Å². The molecule has 2 atom stereocenters. The van der Waals surface area contributed by atoms with Crippen LogP contribution >= 0.6 is 0 Å². The molecule has 2 aromatic rings. The van der Waals surface area contributed by atoms with Gasteiger partial charge in [0.05, 0.1) is 0 Å². The summed E-state index contributed by atoms with van der Waals surface area (Å²) in [4.78, 5) is 18.8. The lowest BCUT2D eigenvalue weighted by atomic mass is 9.79. The number of aromatic nitrogens is 1. The molecule has 0 spiro atoms. The number of amides is 1. The smallest absolute Gasteiger partial charge is 0.311 e. The highest BCUT2D eigenvalue weighted by atomic mass is 19.1. The highest BCUT2D eigenvalue weighted by Gasteiger charge is 2.40. The van der Waals surface area contributed by atoms with Crippen LogP contribution in [0.15, 0.2) is 34.9 Å². The van der Waals surface area contributed by atoms with Gasteiger partial charge in [0.2, 0.25) is 0 Å². The quantitative estimate of drug-likeness (QED) is 0.923. The summed E-state index contributed by atoms with van der Waals surface area (Å²) in [5, 5.41) is 3.05. The molecule has 3 saturated heterocycles. The third kappa shape index (κ3) is 3.24. The summed E-state index contributed by atoms with van der Waals surface area (Å²) < 4.78 is 23.9. The largest absolute Gasteiger partial charge is 0.425 e. The Bertz CT molecular complexity index is 768. The first-order chi connectivity index (χ1) is 12.1. The Kier molecular flexibility index (Phi) is 4.17. The van der Waals surface area contributed by atoms with E-state index in [1.807, 2.05) is 0 Å². The number of hydrogen-bond acceptors (Lipinski definition) is 5. The minimum absolute atomic E-state index is 0.0462. The van der Waals surface area contributed by atoms with Gasteiger partial charge in [-0.05, 0) is 50.9 Å². The molecule has 1 aromatic carbocycles. The van der Waals surface area contributed by atoms with Crippen LogP contribution in [-0.4, -0.2) is 41.0 Å². The summed E-state index contributed by atoms with van der Waals surface area (Å²) in [5.41, 5.74) is 0. The monoisotopic (exact) mass is 345 g/mol. The van der Waals surface area contributed by atoms with Gasteiger partial charge in [-0.15, -0.1) is 0 Å². The maximum Gasteiger partial charge on any atom is 0.311 e. The normalized spacial score (nSPS) is 27.9. The van der Waals surface area contributed by atoms with E-state index in [9.17, 15) is 9.18 Å². The van der Waals surface area contributed by atoms with Crippen molar-refractivity contribution < 1.29 is 18.3 Å². The lowest BCUT2D eigenvalue weighted by Crippen LogP contribution is -2.62. The second kappa shape index (κ2) is 6.48. The van der Waals surface area contributed by atoms with Gasteiger partial charge in [0.25, 0.3) is 5.89 Å². The minimum atomic E-state index is -0.411. The van der Waals surface area contributed by atoms with Gasteiger partial charge in [-0.3, -0.25) is 9.69 Å². The van der Waals surface area contributed by atoms with Gasteiger partial charge in [0.1, 0.15) is 17.8 Å². The van der Waals surface area contributed by atoms with E-state index in [4.69, 9.17) is 9.15 Å². The molecule has 1 amide bonds. The highest BCUT2D eigenvalue weighted by molar-refractivity contribution is 5.90. The number of ether oxygens (including phenoxy) is 1. The predicted molar refractivity (Wildman–Crippen MR) is 88.0 cm³/mol. The van der Waals surface area contributed by atoms with Crippen molar-refractivity contribution in [2.45, 2.75) is 31.8 Å². The number of nitrogens with one attached hydrogen (secondary N) is 1. The van der Waals surface area contributed by atoms with E-state index in [2.05, 4.69) is 22.1 Å². The fraction of sp³-hybridized carbons (Fsp3) is 0.444. The molecule has 3 fully saturated rings.